The van der Waals surface area contributed by atoms with Crippen LogP contribution in [0, 0.1) is 0 Å². The predicted octanol–water partition coefficient (Wildman–Crippen LogP) is 1.40. The summed E-state index contributed by atoms with van der Waals surface area (Å²) in [6, 6.07) is 4.60. The van der Waals surface area contributed by atoms with Gasteiger partial charge in [-0.05, 0) is 18.2 Å². The van der Waals surface area contributed by atoms with Gasteiger partial charge >= 0.3 is 0 Å². The van der Waals surface area contributed by atoms with E-state index in [0.717, 1.165) is 0 Å². The summed E-state index contributed by atoms with van der Waals surface area (Å²) in [5.41, 5.74) is 6.63. The number of carbonyl (C=O) groups is 1. The minimum atomic E-state index is -0.685. The van der Waals surface area contributed by atoms with Crippen molar-refractivity contribution < 1.29 is 9.90 Å². The quantitative estimate of drug-likeness (QED) is 0.673. The first-order valence-corrected chi connectivity index (χ1v) is 6.47. The lowest BCUT2D eigenvalue weighted by molar-refractivity contribution is 0.0998. The maximum atomic E-state index is 11.2. The molecule has 100 valence electrons. The van der Waals surface area contributed by atoms with Gasteiger partial charge in [0.25, 0.3) is 5.91 Å². The maximum absolute atomic E-state index is 11.2. The smallest absolute Gasteiger partial charge is 0.252 e. The van der Waals surface area contributed by atoms with Gasteiger partial charge in [0.05, 0.1) is 11.3 Å². The summed E-state index contributed by atoms with van der Waals surface area (Å²) < 4.78 is 0. The van der Waals surface area contributed by atoms with Crippen molar-refractivity contribution in [3.63, 3.8) is 0 Å². The third-order valence-electron chi connectivity index (χ3n) is 2.68. The number of amides is 1. The lowest BCUT2D eigenvalue weighted by Crippen LogP contribution is -2.11. The van der Waals surface area contributed by atoms with E-state index < -0.39 is 5.91 Å². The van der Waals surface area contributed by atoms with Gasteiger partial charge in [-0.3, -0.25) is 9.89 Å². The summed E-state index contributed by atoms with van der Waals surface area (Å²) >= 11 is 1.40. The SMILES string of the molecule is NC(=O)c1cc(-c2csc(-c3ncn[nH]3)n2)ccc1O. The van der Waals surface area contributed by atoms with E-state index in [1.54, 1.807) is 6.07 Å². The number of H-pyrrole nitrogens is 1. The zero-order chi connectivity index (χ0) is 14.1. The number of nitrogens with one attached hydrogen (secondary N) is 1. The van der Waals surface area contributed by atoms with Gasteiger partial charge in [0.15, 0.2) is 10.8 Å². The zero-order valence-corrected chi connectivity index (χ0v) is 10.9. The molecule has 1 amide bonds. The number of nitrogens with zero attached hydrogens (tertiary/aromatic N) is 3. The zero-order valence-electron chi connectivity index (χ0n) is 10.1. The molecule has 3 rings (SSSR count). The third kappa shape index (κ3) is 2.12. The molecule has 2 aromatic heterocycles. The number of rotatable bonds is 3. The van der Waals surface area contributed by atoms with Crippen molar-refractivity contribution in [2.24, 2.45) is 5.73 Å². The third-order valence-corrected chi connectivity index (χ3v) is 3.53. The van der Waals surface area contributed by atoms with Crippen LogP contribution in [0.15, 0.2) is 29.9 Å². The Labute approximate surface area is 117 Å². The van der Waals surface area contributed by atoms with Crippen molar-refractivity contribution in [2.45, 2.75) is 0 Å². The fraction of sp³-hybridized carbons (Fsp3) is 0. The first kappa shape index (κ1) is 12.3. The Morgan fingerprint density at radius 1 is 1.40 bits per heavy atom. The number of hydrogen-bond acceptors (Lipinski definition) is 6. The van der Waals surface area contributed by atoms with Crippen LogP contribution in [0.4, 0.5) is 0 Å². The molecule has 2 heterocycles. The molecule has 0 fully saturated rings. The molecule has 8 heteroatoms. The first-order chi connectivity index (χ1) is 9.65. The van der Waals surface area contributed by atoms with Crippen LogP contribution in [-0.4, -0.2) is 31.2 Å². The number of aromatic nitrogens is 4. The molecule has 1 aromatic carbocycles. The normalized spacial score (nSPS) is 10.6. The second kappa shape index (κ2) is 4.74. The lowest BCUT2D eigenvalue weighted by atomic mass is 10.1. The largest absolute Gasteiger partial charge is 0.507 e. The van der Waals surface area contributed by atoms with E-state index in [0.29, 0.717) is 22.1 Å². The molecule has 0 saturated carbocycles. The second-order valence-electron chi connectivity index (χ2n) is 3.97. The molecule has 0 aliphatic rings. The van der Waals surface area contributed by atoms with Gasteiger partial charge in [-0.15, -0.1) is 11.3 Å². The minimum absolute atomic E-state index is 0.0664. The average Bonchev–Trinajstić information content (AvgIpc) is 3.09. The van der Waals surface area contributed by atoms with Crippen LogP contribution < -0.4 is 5.73 Å². The molecule has 0 aliphatic carbocycles. The Balaban J connectivity index is 2.02. The summed E-state index contributed by atoms with van der Waals surface area (Å²) in [5, 5.41) is 18.6. The van der Waals surface area contributed by atoms with Crippen molar-refractivity contribution in [1.29, 1.82) is 0 Å². The number of nitrogens with two attached hydrogens (primary N) is 1. The van der Waals surface area contributed by atoms with E-state index in [2.05, 4.69) is 20.2 Å². The fourth-order valence-electron chi connectivity index (χ4n) is 1.72. The van der Waals surface area contributed by atoms with Gasteiger partial charge in [0.2, 0.25) is 0 Å². The summed E-state index contributed by atoms with van der Waals surface area (Å²) in [6.07, 6.45) is 1.40. The highest BCUT2D eigenvalue weighted by Gasteiger charge is 2.12. The van der Waals surface area contributed by atoms with E-state index in [9.17, 15) is 9.90 Å². The van der Waals surface area contributed by atoms with Gasteiger partial charge in [-0.2, -0.15) is 5.10 Å². The van der Waals surface area contributed by atoms with E-state index in [4.69, 9.17) is 5.73 Å². The number of thiazole rings is 1. The number of phenols is 1. The molecule has 4 N–H and O–H groups in total. The van der Waals surface area contributed by atoms with Gasteiger partial charge in [-0.25, -0.2) is 9.97 Å². The molecule has 0 aliphatic heterocycles. The van der Waals surface area contributed by atoms with Crippen LogP contribution in [0.25, 0.3) is 22.1 Å². The first-order valence-electron chi connectivity index (χ1n) is 5.59. The van der Waals surface area contributed by atoms with E-state index in [1.807, 2.05) is 5.38 Å². The molecule has 0 saturated heterocycles. The molecule has 0 bridgehead atoms. The highest BCUT2D eigenvalue weighted by Crippen LogP contribution is 2.29. The summed E-state index contributed by atoms with van der Waals surface area (Å²) in [4.78, 5) is 19.6. The van der Waals surface area contributed by atoms with Crippen molar-refractivity contribution >= 4 is 17.2 Å². The maximum Gasteiger partial charge on any atom is 0.252 e. The van der Waals surface area contributed by atoms with Crippen LogP contribution in [-0.2, 0) is 0 Å². The summed E-state index contributed by atoms with van der Waals surface area (Å²) in [7, 11) is 0. The van der Waals surface area contributed by atoms with Gasteiger partial charge in [0, 0.05) is 10.9 Å². The molecule has 0 unspecified atom stereocenters. The van der Waals surface area contributed by atoms with Gasteiger partial charge in [-0.1, -0.05) is 0 Å². The topological polar surface area (TPSA) is 118 Å². The number of aromatic amines is 1. The Bertz CT molecular complexity index is 766. The van der Waals surface area contributed by atoms with Gasteiger partial charge in [0.1, 0.15) is 12.1 Å². The fourth-order valence-corrected chi connectivity index (χ4v) is 2.49. The second-order valence-corrected chi connectivity index (χ2v) is 4.83. The molecular formula is C12H9N5O2S. The highest BCUT2D eigenvalue weighted by molar-refractivity contribution is 7.13. The average molecular weight is 287 g/mol. The molecule has 0 atom stereocenters. The monoisotopic (exact) mass is 287 g/mol. The van der Waals surface area contributed by atoms with Crippen LogP contribution in [0.2, 0.25) is 0 Å². The molecule has 20 heavy (non-hydrogen) atoms. The Kier molecular flexibility index (Phi) is 2.92. The minimum Gasteiger partial charge on any atom is -0.507 e. The summed E-state index contributed by atoms with van der Waals surface area (Å²) in [5.74, 6) is -0.253. The Morgan fingerprint density at radius 3 is 2.95 bits per heavy atom. The van der Waals surface area contributed by atoms with Crippen LogP contribution >= 0.6 is 11.3 Å². The van der Waals surface area contributed by atoms with E-state index in [-0.39, 0.29) is 11.3 Å². The Hall–Kier alpha value is -2.74. The van der Waals surface area contributed by atoms with Crippen molar-refractivity contribution in [2.75, 3.05) is 0 Å². The molecule has 0 spiro atoms. The van der Waals surface area contributed by atoms with Crippen LogP contribution in [0.1, 0.15) is 10.4 Å². The molecule has 7 nitrogen and oxygen atoms in total. The van der Waals surface area contributed by atoms with E-state index in [1.165, 1.54) is 29.8 Å². The number of hydrogen-bond donors (Lipinski definition) is 3. The number of benzene rings is 1. The van der Waals surface area contributed by atoms with Crippen molar-refractivity contribution in [3.05, 3.63) is 35.5 Å². The van der Waals surface area contributed by atoms with Crippen LogP contribution in [0.3, 0.4) is 0 Å². The standard InChI is InChI=1S/C12H9N5O2S/c13-10(19)7-3-6(1-2-9(7)18)8-4-20-12(16-8)11-14-5-15-17-11/h1-5,18H,(H2,13,19)(H,14,15,17). The number of aromatic hydroxyl groups is 1. The van der Waals surface area contributed by atoms with Gasteiger partial charge < -0.3 is 10.8 Å². The predicted molar refractivity (Wildman–Crippen MR) is 73.1 cm³/mol. The molecule has 3 aromatic rings. The lowest BCUT2D eigenvalue weighted by Gasteiger charge is -2.02. The highest BCUT2D eigenvalue weighted by atomic mass is 32.1. The Morgan fingerprint density at radius 2 is 2.25 bits per heavy atom. The number of carbonyl (C=O) groups excluding carboxylic acids is 1. The van der Waals surface area contributed by atoms with E-state index >= 15 is 0 Å². The number of primary amides is 1. The van der Waals surface area contributed by atoms with Crippen molar-refractivity contribution in [3.8, 4) is 27.8 Å². The van der Waals surface area contributed by atoms with Crippen LogP contribution in [0.5, 0.6) is 5.75 Å². The summed E-state index contributed by atoms with van der Waals surface area (Å²) in [6.45, 7) is 0. The van der Waals surface area contributed by atoms with Crippen molar-refractivity contribution in [1.82, 2.24) is 20.2 Å². The molecular weight excluding hydrogens is 278 g/mol. The molecule has 0 radical (unpaired) electrons.